The van der Waals surface area contributed by atoms with E-state index in [2.05, 4.69) is 27.1 Å². The van der Waals surface area contributed by atoms with Gasteiger partial charge in [0, 0.05) is 24.0 Å². The molecule has 0 bridgehead atoms. The van der Waals surface area contributed by atoms with E-state index in [1.807, 2.05) is 13.8 Å². The fourth-order valence-corrected chi connectivity index (χ4v) is 3.64. The summed E-state index contributed by atoms with van der Waals surface area (Å²) in [5.41, 5.74) is 1.10. The molecule has 0 amide bonds. The van der Waals surface area contributed by atoms with Crippen LogP contribution in [-0.2, 0) is 0 Å². The van der Waals surface area contributed by atoms with Crippen LogP contribution in [0.2, 0.25) is 0 Å². The number of nitrogens with zero attached hydrogens (tertiary/aromatic N) is 5. The Kier molecular flexibility index (Phi) is 3.50. The number of carboxylic acid groups (broad SMARTS) is 1. The van der Waals surface area contributed by atoms with Crippen LogP contribution in [0.15, 0.2) is 6.20 Å². The summed E-state index contributed by atoms with van der Waals surface area (Å²) < 4.78 is 1.65. The summed E-state index contributed by atoms with van der Waals surface area (Å²) in [4.78, 5) is 18.9. The van der Waals surface area contributed by atoms with E-state index in [1.165, 1.54) is 11.1 Å². The molecule has 2 aromatic heterocycles. The highest BCUT2D eigenvalue weighted by Crippen LogP contribution is 2.34. The molecule has 21 heavy (non-hydrogen) atoms. The van der Waals surface area contributed by atoms with Crippen molar-refractivity contribution in [3.63, 3.8) is 0 Å². The van der Waals surface area contributed by atoms with Gasteiger partial charge in [-0.15, -0.1) is 16.4 Å². The second-order valence-corrected chi connectivity index (χ2v) is 6.59. The summed E-state index contributed by atoms with van der Waals surface area (Å²) in [6.07, 6.45) is 1.50. The van der Waals surface area contributed by atoms with Crippen molar-refractivity contribution in [2.24, 2.45) is 0 Å². The quantitative estimate of drug-likeness (QED) is 0.925. The SMILES string of the molecule is Cc1nc(C)c(C(C)N2CC(n3cc(C(=O)O)nn3)C2)s1. The second kappa shape index (κ2) is 5.19. The maximum absolute atomic E-state index is 10.8. The maximum atomic E-state index is 10.8. The summed E-state index contributed by atoms with van der Waals surface area (Å²) in [6, 6.07) is 0.525. The van der Waals surface area contributed by atoms with Crippen molar-refractivity contribution in [3.8, 4) is 0 Å². The zero-order chi connectivity index (χ0) is 15.1. The average molecular weight is 307 g/mol. The normalized spacial score (nSPS) is 17.7. The summed E-state index contributed by atoms with van der Waals surface area (Å²) in [5, 5.41) is 17.5. The Morgan fingerprint density at radius 1 is 1.48 bits per heavy atom. The lowest BCUT2D eigenvalue weighted by Gasteiger charge is -2.42. The maximum Gasteiger partial charge on any atom is 0.358 e. The van der Waals surface area contributed by atoms with Gasteiger partial charge < -0.3 is 5.11 Å². The van der Waals surface area contributed by atoms with Crippen LogP contribution in [0.4, 0.5) is 0 Å². The molecule has 0 aliphatic carbocycles. The van der Waals surface area contributed by atoms with E-state index in [0.29, 0.717) is 6.04 Å². The number of thiazole rings is 1. The number of hydrogen-bond acceptors (Lipinski definition) is 6. The van der Waals surface area contributed by atoms with E-state index in [4.69, 9.17) is 5.11 Å². The number of aromatic nitrogens is 4. The first kappa shape index (κ1) is 14.2. The summed E-state index contributed by atoms with van der Waals surface area (Å²) in [6.45, 7) is 7.94. The fraction of sp³-hybridized carbons (Fsp3) is 0.538. The van der Waals surface area contributed by atoms with Crippen LogP contribution >= 0.6 is 11.3 Å². The molecule has 112 valence electrons. The Balaban J connectivity index is 1.64. The number of hydrogen-bond donors (Lipinski definition) is 1. The van der Waals surface area contributed by atoms with Crippen LogP contribution in [0, 0.1) is 13.8 Å². The zero-order valence-electron chi connectivity index (χ0n) is 12.1. The number of carbonyl (C=O) groups is 1. The monoisotopic (exact) mass is 307 g/mol. The first-order valence-electron chi connectivity index (χ1n) is 6.79. The van der Waals surface area contributed by atoms with Gasteiger partial charge in [0.2, 0.25) is 0 Å². The molecule has 8 heteroatoms. The number of carboxylic acids is 1. The molecule has 1 fully saturated rings. The van der Waals surface area contributed by atoms with E-state index in [9.17, 15) is 4.79 Å². The third-order valence-corrected chi connectivity index (χ3v) is 5.10. The van der Waals surface area contributed by atoms with Gasteiger partial charge in [0.05, 0.1) is 22.9 Å². The largest absolute Gasteiger partial charge is 0.476 e. The van der Waals surface area contributed by atoms with Crippen LogP contribution in [0.25, 0.3) is 0 Å². The van der Waals surface area contributed by atoms with Gasteiger partial charge in [-0.25, -0.2) is 14.5 Å². The first-order valence-corrected chi connectivity index (χ1v) is 7.60. The highest BCUT2D eigenvalue weighted by molar-refractivity contribution is 7.11. The number of aromatic carboxylic acids is 1. The van der Waals surface area contributed by atoms with E-state index < -0.39 is 5.97 Å². The number of aryl methyl sites for hydroxylation is 2. The zero-order valence-corrected chi connectivity index (χ0v) is 13.0. The van der Waals surface area contributed by atoms with Crippen molar-refractivity contribution in [1.29, 1.82) is 0 Å². The molecule has 7 nitrogen and oxygen atoms in total. The minimum atomic E-state index is -1.04. The van der Waals surface area contributed by atoms with Crippen molar-refractivity contribution in [2.75, 3.05) is 13.1 Å². The molecule has 1 saturated heterocycles. The van der Waals surface area contributed by atoms with Crippen LogP contribution in [0.3, 0.4) is 0 Å². The van der Waals surface area contributed by atoms with Crippen LogP contribution < -0.4 is 0 Å². The van der Waals surface area contributed by atoms with Gasteiger partial charge >= 0.3 is 5.97 Å². The molecule has 1 N–H and O–H groups in total. The third kappa shape index (κ3) is 2.56. The lowest BCUT2D eigenvalue weighted by atomic mass is 10.0. The summed E-state index contributed by atoms with van der Waals surface area (Å²) in [5.74, 6) is -1.04. The van der Waals surface area contributed by atoms with Crippen molar-refractivity contribution in [2.45, 2.75) is 32.9 Å². The smallest absolute Gasteiger partial charge is 0.358 e. The van der Waals surface area contributed by atoms with Crippen LogP contribution in [0.1, 0.15) is 45.1 Å². The van der Waals surface area contributed by atoms with Gasteiger partial charge in [-0.2, -0.15) is 0 Å². The molecule has 3 heterocycles. The molecule has 1 atom stereocenters. The Hall–Kier alpha value is -1.80. The molecule has 1 unspecified atom stereocenters. The van der Waals surface area contributed by atoms with Crippen molar-refractivity contribution >= 4 is 17.3 Å². The van der Waals surface area contributed by atoms with E-state index in [0.717, 1.165) is 23.8 Å². The highest BCUT2D eigenvalue weighted by Gasteiger charge is 2.34. The van der Waals surface area contributed by atoms with E-state index in [1.54, 1.807) is 16.0 Å². The topological polar surface area (TPSA) is 84.1 Å². The minimum Gasteiger partial charge on any atom is -0.476 e. The standard InChI is InChI=1S/C13H17N5O2S/c1-7-12(21-9(3)14-7)8(2)17-4-10(5-17)18-6-11(13(19)20)15-16-18/h6,8,10H,4-5H2,1-3H3,(H,19,20). The predicted molar refractivity (Wildman–Crippen MR) is 77.6 cm³/mol. The van der Waals surface area contributed by atoms with Crippen LogP contribution in [-0.4, -0.2) is 49.0 Å². The molecular weight excluding hydrogens is 290 g/mol. The molecular formula is C13H17N5O2S. The highest BCUT2D eigenvalue weighted by atomic mass is 32.1. The average Bonchev–Trinajstić information content (AvgIpc) is 2.94. The van der Waals surface area contributed by atoms with Crippen molar-refractivity contribution in [3.05, 3.63) is 27.5 Å². The fourth-order valence-electron chi connectivity index (χ4n) is 2.63. The lowest BCUT2D eigenvalue weighted by molar-refractivity contribution is 0.0596. The molecule has 2 aromatic rings. The molecule has 0 aromatic carbocycles. The van der Waals surface area contributed by atoms with Crippen molar-refractivity contribution in [1.82, 2.24) is 24.9 Å². The summed E-state index contributed by atoms with van der Waals surface area (Å²) >= 11 is 1.74. The molecule has 3 rings (SSSR count). The first-order chi connectivity index (χ1) is 9.95. The molecule has 1 aliphatic heterocycles. The molecule has 0 saturated carbocycles. The van der Waals surface area contributed by atoms with Crippen LogP contribution in [0.5, 0.6) is 0 Å². The third-order valence-electron chi connectivity index (χ3n) is 3.86. The van der Waals surface area contributed by atoms with Gasteiger partial charge in [-0.3, -0.25) is 4.90 Å². The Bertz CT molecular complexity index is 674. The molecule has 0 spiro atoms. The number of likely N-dealkylation sites (tertiary alicyclic amines) is 1. The Morgan fingerprint density at radius 2 is 2.19 bits per heavy atom. The minimum absolute atomic E-state index is 0.00424. The van der Waals surface area contributed by atoms with Gasteiger partial charge in [0.15, 0.2) is 5.69 Å². The Labute approximate surface area is 126 Å². The lowest BCUT2D eigenvalue weighted by Crippen LogP contribution is -2.48. The second-order valence-electron chi connectivity index (χ2n) is 5.36. The predicted octanol–water partition coefficient (Wildman–Crippen LogP) is 1.67. The molecule has 1 aliphatic rings. The van der Waals surface area contributed by atoms with Gasteiger partial charge in [0.25, 0.3) is 0 Å². The summed E-state index contributed by atoms with van der Waals surface area (Å²) in [7, 11) is 0. The van der Waals surface area contributed by atoms with E-state index in [-0.39, 0.29) is 11.7 Å². The van der Waals surface area contributed by atoms with Gasteiger partial charge in [0.1, 0.15) is 0 Å². The van der Waals surface area contributed by atoms with E-state index >= 15 is 0 Å². The van der Waals surface area contributed by atoms with Gasteiger partial charge in [-0.05, 0) is 20.8 Å². The Morgan fingerprint density at radius 3 is 2.71 bits per heavy atom. The van der Waals surface area contributed by atoms with Crippen molar-refractivity contribution < 1.29 is 9.90 Å². The number of rotatable bonds is 4. The molecule has 0 radical (unpaired) electrons. The van der Waals surface area contributed by atoms with Gasteiger partial charge in [-0.1, -0.05) is 5.21 Å².